The highest BCUT2D eigenvalue weighted by Crippen LogP contribution is 2.07. The fourth-order valence-corrected chi connectivity index (χ4v) is 2.47. The van der Waals surface area contributed by atoms with Gasteiger partial charge in [-0.3, -0.25) is 14.4 Å². The Morgan fingerprint density at radius 3 is 2.04 bits per heavy atom. The van der Waals surface area contributed by atoms with Crippen molar-refractivity contribution in [2.45, 2.75) is 77.6 Å². The maximum Gasteiger partial charge on any atom is 0.305 e. The molecule has 0 saturated heterocycles. The molecule has 0 radical (unpaired) electrons. The van der Waals surface area contributed by atoms with Gasteiger partial charge >= 0.3 is 5.97 Å². The van der Waals surface area contributed by atoms with Crippen LogP contribution in [-0.4, -0.2) is 24.6 Å². The second-order valence-corrected chi connectivity index (χ2v) is 6.70. The Balaban J connectivity index is 3.78. The first-order valence-electron chi connectivity index (χ1n) is 10.4. The number of methoxy groups -OCH3 is 1. The summed E-state index contributed by atoms with van der Waals surface area (Å²) in [6, 6.07) is 0. The molecule has 0 aliphatic rings. The van der Waals surface area contributed by atoms with Crippen LogP contribution in [0.4, 0.5) is 0 Å². The Morgan fingerprint density at radius 2 is 1.36 bits per heavy atom. The van der Waals surface area contributed by atoms with Gasteiger partial charge in [0.15, 0.2) is 11.6 Å². The summed E-state index contributed by atoms with van der Waals surface area (Å²) in [5.41, 5.74) is 0. The van der Waals surface area contributed by atoms with E-state index in [1.165, 1.54) is 57.8 Å². The molecule has 0 N–H and O–H groups in total. The van der Waals surface area contributed by atoms with Gasteiger partial charge in [-0.05, 0) is 31.4 Å². The number of ketones is 2. The van der Waals surface area contributed by atoms with Crippen molar-refractivity contribution in [3.8, 4) is 0 Å². The maximum absolute atomic E-state index is 11.7. The molecule has 0 aliphatic heterocycles. The summed E-state index contributed by atoms with van der Waals surface area (Å²) in [6.45, 7) is 2.22. The van der Waals surface area contributed by atoms with Gasteiger partial charge in [0.1, 0.15) is 0 Å². The minimum Gasteiger partial charge on any atom is -0.469 e. The minimum atomic E-state index is -0.302. The predicted octanol–water partition coefficient (Wildman–Crippen LogP) is 5.83. The molecular weight excluding hydrogens is 352 g/mol. The first-order chi connectivity index (χ1) is 13.6. The molecule has 28 heavy (non-hydrogen) atoms. The lowest BCUT2D eigenvalue weighted by molar-refractivity contribution is -0.140. The molecule has 0 aromatic rings. The zero-order valence-corrected chi connectivity index (χ0v) is 17.5. The Hall–Kier alpha value is -2.23. The molecule has 0 aromatic heterocycles. The number of allylic oxidation sites excluding steroid dienone is 8. The molecule has 0 heterocycles. The third-order valence-electron chi connectivity index (χ3n) is 4.14. The van der Waals surface area contributed by atoms with Crippen molar-refractivity contribution in [2.75, 3.05) is 7.11 Å². The van der Waals surface area contributed by atoms with Crippen LogP contribution in [0.5, 0.6) is 0 Å². The molecule has 0 unspecified atom stereocenters. The van der Waals surface area contributed by atoms with E-state index in [9.17, 15) is 14.4 Å². The molecule has 0 aromatic carbocycles. The van der Waals surface area contributed by atoms with E-state index in [-0.39, 0.29) is 24.0 Å². The van der Waals surface area contributed by atoms with Gasteiger partial charge in [-0.15, -0.1) is 0 Å². The summed E-state index contributed by atoms with van der Waals surface area (Å²) in [7, 11) is 1.33. The molecule has 0 saturated carbocycles. The lowest BCUT2D eigenvalue weighted by Crippen LogP contribution is -2.01. The Morgan fingerprint density at radius 1 is 0.714 bits per heavy atom. The maximum atomic E-state index is 11.7. The third-order valence-corrected chi connectivity index (χ3v) is 4.14. The number of hydrogen-bond donors (Lipinski definition) is 0. The topological polar surface area (TPSA) is 60.4 Å². The highest BCUT2D eigenvalue weighted by molar-refractivity contribution is 5.91. The molecular formula is C24H36O4. The summed E-state index contributed by atoms with van der Waals surface area (Å²) < 4.78 is 4.52. The van der Waals surface area contributed by atoms with Gasteiger partial charge < -0.3 is 4.74 Å². The fourth-order valence-electron chi connectivity index (χ4n) is 2.47. The Kier molecular flexibility index (Phi) is 18.0. The van der Waals surface area contributed by atoms with E-state index in [4.69, 9.17) is 0 Å². The average Bonchev–Trinajstić information content (AvgIpc) is 2.69. The van der Waals surface area contributed by atoms with Gasteiger partial charge in [0.25, 0.3) is 0 Å². The first kappa shape index (κ1) is 25.8. The van der Waals surface area contributed by atoms with Crippen molar-refractivity contribution in [3.63, 3.8) is 0 Å². The lowest BCUT2D eigenvalue weighted by atomic mass is 10.1. The molecule has 4 nitrogen and oxygen atoms in total. The van der Waals surface area contributed by atoms with Crippen LogP contribution in [-0.2, 0) is 19.1 Å². The summed E-state index contributed by atoms with van der Waals surface area (Å²) in [6.07, 6.45) is 24.0. The molecule has 0 spiro atoms. The van der Waals surface area contributed by atoms with Crippen molar-refractivity contribution < 1.29 is 19.1 Å². The SMILES string of the molecule is CCCCCCCC/C=C\CC(=O)/C=C/C=C/C=C/C(=O)CCCC(=O)OC. The highest BCUT2D eigenvalue weighted by Gasteiger charge is 2.01. The highest BCUT2D eigenvalue weighted by atomic mass is 16.5. The van der Waals surface area contributed by atoms with E-state index in [0.29, 0.717) is 19.3 Å². The summed E-state index contributed by atoms with van der Waals surface area (Å²) in [5.74, 6) is -0.278. The predicted molar refractivity (Wildman–Crippen MR) is 115 cm³/mol. The van der Waals surface area contributed by atoms with Crippen molar-refractivity contribution in [2.24, 2.45) is 0 Å². The molecule has 0 aliphatic carbocycles. The first-order valence-corrected chi connectivity index (χ1v) is 10.4. The van der Waals surface area contributed by atoms with E-state index in [1.807, 2.05) is 6.08 Å². The van der Waals surface area contributed by atoms with Gasteiger partial charge in [0.2, 0.25) is 0 Å². The molecule has 0 amide bonds. The van der Waals surface area contributed by atoms with Crippen LogP contribution in [0.25, 0.3) is 0 Å². The largest absolute Gasteiger partial charge is 0.469 e. The van der Waals surface area contributed by atoms with Crippen molar-refractivity contribution in [1.82, 2.24) is 0 Å². The van der Waals surface area contributed by atoms with Crippen LogP contribution in [0.1, 0.15) is 77.6 Å². The Labute approximate surface area is 170 Å². The second-order valence-electron chi connectivity index (χ2n) is 6.70. The number of esters is 1. The monoisotopic (exact) mass is 388 g/mol. The van der Waals surface area contributed by atoms with Crippen LogP contribution < -0.4 is 0 Å². The van der Waals surface area contributed by atoms with Crippen LogP contribution in [0.2, 0.25) is 0 Å². The van der Waals surface area contributed by atoms with E-state index >= 15 is 0 Å². The normalized spacial score (nSPS) is 11.9. The molecule has 0 rings (SSSR count). The van der Waals surface area contributed by atoms with Crippen LogP contribution in [0.15, 0.2) is 48.6 Å². The van der Waals surface area contributed by atoms with Gasteiger partial charge in [0.05, 0.1) is 7.11 Å². The fraction of sp³-hybridized carbons (Fsp3) is 0.542. The van der Waals surface area contributed by atoms with Crippen LogP contribution in [0, 0.1) is 0 Å². The molecule has 156 valence electrons. The van der Waals surface area contributed by atoms with Gasteiger partial charge in [-0.1, -0.05) is 75.5 Å². The number of carbonyl (C=O) groups excluding carboxylic acids is 3. The quantitative estimate of drug-likeness (QED) is 0.103. The zero-order valence-electron chi connectivity index (χ0n) is 17.5. The van der Waals surface area contributed by atoms with Gasteiger partial charge in [-0.25, -0.2) is 0 Å². The van der Waals surface area contributed by atoms with E-state index < -0.39 is 0 Å². The Bertz CT molecular complexity index is 553. The van der Waals surface area contributed by atoms with Crippen molar-refractivity contribution in [3.05, 3.63) is 48.6 Å². The summed E-state index contributed by atoms with van der Waals surface area (Å²) in [4.78, 5) is 34.2. The lowest BCUT2D eigenvalue weighted by Gasteiger charge is -1.97. The number of rotatable bonds is 17. The standard InChI is InChI=1S/C24H36O4/c1-3-4-5-6-7-8-9-10-13-17-22(25)18-14-11-12-15-19-23(26)20-16-21-24(27)28-2/h10-15,18-19H,3-9,16-17,20-21H2,1-2H3/b12-11+,13-10-,18-14+,19-15+. The molecule has 0 bridgehead atoms. The van der Waals surface area contributed by atoms with Crippen LogP contribution in [0.3, 0.4) is 0 Å². The minimum absolute atomic E-state index is 0.0379. The van der Waals surface area contributed by atoms with E-state index in [1.54, 1.807) is 24.3 Å². The average molecular weight is 389 g/mol. The third kappa shape index (κ3) is 18.6. The van der Waals surface area contributed by atoms with Crippen LogP contribution >= 0.6 is 0 Å². The van der Waals surface area contributed by atoms with E-state index in [2.05, 4.69) is 17.7 Å². The van der Waals surface area contributed by atoms with Crippen molar-refractivity contribution in [1.29, 1.82) is 0 Å². The zero-order chi connectivity index (χ0) is 20.9. The van der Waals surface area contributed by atoms with Crippen molar-refractivity contribution >= 4 is 17.5 Å². The smallest absolute Gasteiger partial charge is 0.305 e. The van der Waals surface area contributed by atoms with E-state index in [0.717, 1.165) is 6.42 Å². The summed E-state index contributed by atoms with van der Waals surface area (Å²) >= 11 is 0. The van der Waals surface area contributed by atoms with Gasteiger partial charge in [-0.2, -0.15) is 0 Å². The second kappa shape index (κ2) is 19.5. The van der Waals surface area contributed by atoms with Gasteiger partial charge in [0, 0.05) is 19.3 Å². The molecule has 0 fully saturated rings. The summed E-state index contributed by atoms with van der Waals surface area (Å²) in [5, 5.41) is 0. The molecule has 0 atom stereocenters. The molecule has 4 heteroatoms. The number of unbranched alkanes of at least 4 members (excludes halogenated alkanes) is 6. The number of hydrogen-bond acceptors (Lipinski definition) is 4. The number of carbonyl (C=O) groups is 3. The number of ether oxygens (including phenoxy) is 1.